The number of nitrogens with zero attached hydrogens (tertiary/aromatic N) is 1. The molecule has 3 heteroatoms. The molecule has 1 rings (SSSR count). The molecule has 3 nitrogen and oxygen atoms in total. The molecular formula is C14H24N2O. The van der Waals surface area contributed by atoms with Crippen LogP contribution in [0.25, 0.3) is 0 Å². The van der Waals surface area contributed by atoms with E-state index in [0.717, 1.165) is 19.5 Å². The van der Waals surface area contributed by atoms with E-state index in [1.54, 1.807) is 6.92 Å². The maximum Gasteiger partial charge on any atom is 0.0867 e. The highest BCUT2D eigenvalue weighted by molar-refractivity contribution is 5.14. The summed E-state index contributed by atoms with van der Waals surface area (Å²) in [6, 6.07) is 10.3. The molecule has 1 aromatic rings. The highest BCUT2D eigenvalue weighted by Gasteiger charge is 2.21. The van der Waals surface area contributed by atoms with Crippen LogP contribution in [0.1, 0.15) is 25.8 Å². The van der Waals surface area contributed by atoms with Crippen LogP contribution >= 0.6 is 0 Å². The summed E-state index contributed by atoms with van der Waals surface area (Å²) in [5.74, 6) is 0. The van der Waals surface area contributed by atoms with Crippen molar-refractivity contribution in [3.05, 3.63) is 35.9 Å². The Labute approximate surface area is 104 Å². The Balaban J connectivity index is 2.60. The molecule has 1 unspecified atom stereocenters. The third-order valence-corrected chi connectivity index (χ3v) is 2.79. The first kappa shape index (κ1) is 14.2. The first-order valence-electron chi connectivity index (χ1n) is 6.26. The normalized spacial score (nSPS) is 14.9. The summed E-state index contributed by atoms with van der Waals surface area (Å²) < 4.78 is 0. The minimum atomic E-state index is -0.802. The number of hydrogen-bond acceptors (Lipinski definition) is 3. The topological polar surface area (TPSA) is 49.5 Å². The maximum absolute atomic E-state index is 10.0. The van der Waals surface area contributed by atoms with Crippen LogP contribution in [0.4, 0.5) is 0 Å². The van der Waals surface area contributed by atoms with Gasteiger partial charge in [-0.3, -0.25) is 4.90 Å². The maximum atomic E-state index is 10.0. The van der Waals surface area contributed by atoms with Crippen molar-refractivity contribution in [1.82, 2.24) is 4.90 Å². The van der Waals surface area contributed by atoms with Gasteiger partial charge in [0.2, 0.25) is 0 Å². The van der Waals surface area contributed by atoms with E-state index < -0.39 is 5.60 Å². The predicted octanol–water partition coefficient (Wildman–Crippen LogP) is 1.61. The highest BCUT2D eigenvalue weighted by atomic mass is 16.3. The number of rotatable bonds is 7. The van der Waals surface area contributed by atoms with Crippen molar-refractivity contribution < 1.29 is 5.11 Å². The molecule has 0 heterocycles. The summed E-state index contributed by atoms with van der Waals surface area (Å²) in [4.78, 5) is 2.25. The molecule has 96 valence electrons. The van der Waals surface area contributed by atoms with Crippen molar-refractivity contribution in [3.8, 4) is 0 Å². The van der Waals surface area contributed by atoms with Crippen molar-refractivity contribution in [2.75, 3.05) is 19.6 Å². The van der Waals surface area contributed by atoms with Crippen LogP contribution in [0.2, 0.25) is 0 Å². The summed E-state index contributed by atoms with van der Waals surface area (Å²) in [6.07, 6.45) is 1.08. The molecule has 0 bridgehead atoms. The van der Waals surface area contributed by atoms with Gasteiger partial charge in [-0.15, -0.1) is 0 Å². The second-order valence-electron chi connectivity index (χ2n) is 4.90. The molecular weight excluding hydrogens is 212 g/mol. The summed E-state index contributed by atoms with van der Waals surface area (Å²) in [7, 11) is 0. The van der Waals surface area contributed by atoms with Gasteiger partial charge >= 0.3 is 0 Å². The van der Waals surface area contributed by atoms with Crippen molar-refractivity contribution in [3.63, 3.8) is 0 Å². The second-order valence-corrected chi connectivity index (χ2v) is 4.90. The lowest BCUT2D eigenvalue weighted by atomic mass is 10.1. The Morgan fingerprint density at radius 1 is 1.29 bits per heavy atom. The third kappa shape index (κ3) is 5.31. The minimum absolute atomic E-state index is 0.294. The van der Waals surface area contributed by atoms with Gasteiger partial charge in [-0.2, -0.15) is 0 Å². The van der Waals surface area contributed by atoms with Crippen molar-refractivity contribution in [2.45, 2.75) is 32.4 Å². The van der Waals surface area contributed by atoms with E-state index in [9.17, 15) is 5.11 Å². The fourth-order valence-electron chi connectivity index (χ4n) is 1.92. The van der Waals surface area contributed by atoms with Crippen LogP contribution in [0.5, 0.6) is 0 Å². The van der Waals surface area contributed by atoms with Gasteiger partial charge in [0.15, 0.2) is 0 Å². The van der Waals surface area contributed by atoms with Gasteiger partial charge < -0.3 is 10.8 Å². The van der Waals surface area contributed by atoms with Gasteiger partial charge in [0.05, 0.1) is 5.60 Å². The second kappa shape index (κ2) is 6.74. The molecule has 0 aliphatic carbocycles. The van der Waals surface area contributed by atoms with Crippen molar-refractivity contribution >= 4 is 0 Å². The molecule has 1 atom stereocenters. The van der Waals surface area contributed by atoms with E-state index in [0.29, 0.717) is 13.1 Å². The van der Waals surface area contributed by atoms with Crippen LogP contribution < -0.4 is 5.73 Å². The van der Waals surface area contributed by atoms with E-state index >= 15 is 0 Å². The van der Waals surface area contributed by atoms with Gasteiger partial charge in [0.25, 0.3) is 0 Å². The standard InChI is InChI=1S/C14H24N2O/c1-3-9-16(12-14(2,17)11-15)10-13-7-5-4-6-8-13/h4-8,17H,3,9-12,15H2,1-2H3. The molecule has 0 aliphatic heterocycles. The van der Waals surface area contributed by atoms with Gasteiger partial charge in [-0.1, -0.05) is 37.3 Å². The Hall–Kier alpha value is -0.900. The molecule has 0 aliphatic rings. The Morgan fingerprint density at radius 3 is 2.47 bits per heavy atom. The third-order valence-electron chi connectivity index (χ3n) is 2.79. The molecule has 0 radical (unpaired) electrons. The van der Waals surface area contributed by atoms with E-state index in [2.05, 4.69) is 24.0 Å². The van der Waals surface area contributed by atoms with Crippen LogP contribution in [-0.4, -0.2) is 35.2 Å². The molecule has 0 amide bonds. The molecule has 0 fully saturated rings. The smallest absolute Gasteiger partial charge is 0.0867 e. The van der Waals surface area contributed by atoms with Crippen molar-refractivity contribution in [1.29, 1.82) is 0 Å². The Kier molecular flexibility index (Phi) is 5.62. The number of aliphatic hydroxyl groups is 1. The predicted molar refractivity (Wildman–Crippen MR) is 71.7 cm³/mol. The molecule has 1 aromatic carbocycles. The zero-order valence-corrected chi connectivity index (χ0v) is 10.9. The molecule has 0 spiro atoms. The highest BCUT2D eigenvalue weighted by Crippen LogP contribution is 2.10. The largest absolute Gasteiger partial charge is 0.388 e. The minimum Gasteiger partial charge on any atom is -0.388 e. The van der Waals surface area contributed by atoms with Crippen LogP contribution in [0.3, 0.4) is 0 Å². The molecule has 0 saturated heterocycles. The lowest BCUT2D eigenvalue weighted by molar-refractivity contribution is 0.0248. The monoisotopic (exact) mass is 236 g/mol. The fourth-order valence-corrected chi connectivity index (χ4v) is 1.92. The first-order chi connectivity index (χ1) is 8.07. The lowest BCUT2D eigenvalue weighted by Crippen LogP contribution is -2.46. The van der Waals surface area contributed by atoms with Gasteiger partial charge in [-0.05, 0) is 25.5 Å². The first-order valence-corrected chi connectivity index (χ1v) is 6.26. The molecule has 3 N–H and O–H groups in total. The Morgan fingerprint density at radius 2 is 1.94 bits per heavy atom. The summed E-state index contributed by atoms with van der Waals surface area (Å²) in [5, 5.41) is 10.0. The van der Waals surface area contributed by atoms with Crippen molar-refractivity contribution in [2.24, 2.45) is 5.73 Å². The number of hydrogen-bond donors (Lipinski definition) is 2. The van der Waals surface area contributed by atoms with Gasteiger partial charge in [-0.25, -0.2) is 0 Å². The quantitative estimate of drug-likeness (QED) is 0.756. The SMILES string of the molecule is CCCN(Cc1ccccc1)CC(C)(O)CN. The summed E-state index contributed by atoms with van der Waals surface area (Å²) in [5.41, 5.74) is 6.04. The summed E-state index contributed by atoms with van der Waals surface area (Å²) >= 11 is 0. The number of nitrogens with two attached hydrogens (primary N) is 1. The number of benzene rings is 1. The van der Waals surface area contributed by atoms with Crippen LogP contribution in [-0.2, 0) is 6.54 Å². The zero-order chi connectivity index (χ0) is 12.7. The van der Waals surface area contributed by atoms with Gasteiger partial charge in [0.1, 0.15) is 0 Å². The van der Waals surface area contributed by atoms with Crippen LogP contribution in [0.15, 0.2) is 30.3 Å². The zero-order valence-electron chi connectivity index (χ0n) is 10.9. The molecule has 0 saturated carbocycles. The van der Waals surface area contributed by atoms with Crippen LogP contribution in [0, 0.1) is 0 Å². The van der Waals surface area contributed by atoms with E-state index in [-0.39, 0.29) is 0 Å². The lowest BCUT2D eigenvalue weighted by Gasteiger charge is -2.30. The van der Waals surface area contributed by atoms with E-state index in [4.69, 9.17) is 5.73 Å². The van der Waals surface area contributed by atoms with E-state index in [1.807, 2.05) is 18.2 Å². The Bertz CT molecular complexity index is 311. The summed E-state index contributed by atoms with van der Waals surface area (Å²) in [6.45, 7) is 6.69. The average Bonchev–Trinajstić information content (AvgIpc) is 2.30. The molecule has 17 heavy (non-hydrogen) atoms. The average molecular weight is 236 g/mol. The van der Waals surface area contributed by atoms with Gasteiger partial charge in [0, 0.05) is 19.6 Å². The van der Waals surface area contributed by atoms with E-state index in [1.165, 1.54) is 5.56 Å². The fraction of sp³-hybridized carbons (Fsp3) is 0.571. The molecule has 0 aromatic heterocycles.